The Kier molecular flexibility index (Phi) is 18.0. The Morgan fingerprint density at radius 1 is 0.492 bits per heavy atom. The van der Waals surface area contributed by atoms with Crippen LogP contribution in [0.1, 0.15) is 38.9 Å². The Balaban J connectivity index is 0.000000214. The Labute approximate surface area is 375 Å². The molecule has 10 N–H and O–H groups in total. The van der Waals surface area contributed by atoms with Gasteiger partial charge in [0, 0.05) is 45.5 Å². The van der Waals surface area contributed by atoms with Crippen LogP contribution in [0.25, 0.3) is 0 Å². The van der Waals surface area contributed by atoms with E-state index in [1.165, 1.54) is 72.8 Å². The summed E-state index contributed by atoms with van der Waals surface area (Å²) in [6, 6.07) is 31.0. The van der Waals surface area contributed by atoms with Crippen LogP contribution in [0.4, 0.5) is 0 Å². The van der Waals surface area contributed by atoms with Crippen molar-refractivity contribution < 1.29 is 60.2 Å². The summed E-state index contributed by atoms with van der Waals surface area (Å²) in [7, 11) is -4.18. The lowest BCUT2D eigenvalue weighted by molar-refractivity contribution is -0.143. The lowest BCUT2D eigenvalue weighted by Gasteiger charge is -2.11. The highest BCUT2D eigenvalue weighted by molar-refractivity contribution is 7.61. The van der Waals surface area contributed by atoms with Gasteiger partial charge in [0.2, 0.25) is 0 Å². The highest BCUT2D eigenvalue weighted by Gasteiger charge is 2.23. The number of hydrogen-bond acceptors (Lipinski definition) is 14. The first kappa shape index (κ1) is 49.7. The average Bonchev–Trinajstić information content (AvgIpc) is 3.28. The topological polar surface area (TPSA) is 266 Å². The molecule has 1 unspecified atom stereocenters. The predicted molar refractivity (Wildman–Crippen MR) is 252 cm³/mol. The zero-order chi connectivity index (χ0) is 47.7. The summed E-state index contributed by atoms with van der Waals surface area (Å²) in [5, 5.41) is 85.1. The summed E-state index contributed by atoms with van der Waals surface area (Å²) in [5.74, 6) is -1.45. The molecule has 0 fully saturated rings. The zero-order valence-electron chi connectivity index (χ0n) is 35.1. The van der Waals surface area contributed by atoms with Crippen LogP contribution in [0.15, 0.2) is 174 Å². The van der Waals surface area contributed by atoms with E-state index in [0.717, 1.165) is 22.4 Å². The maximum atomic E-state index is 11.6. The number of hydrogen-bond donors (Lipinski definition) is 10. The van der Waals surface area contributed by atoms with Crippen molar-refractivity contribution in [2.24, 2.45) is 15.0 Å². The first-order valence-corrected chi connectivity index (χ1v) is 21.0. The number of rotatable bonds is 14. The van der Waals surface area contributed by atoms with Crippen molar-refractivity contribution in [1.82, 2.24) is 0 Å². The van der Waals surface area contributed by atoms with E-state index in [9.17, 15) is 50.3 Å². The van der Waals surface area contributed by atoms with Gasteiger partial charge in [-0.05, 0) is 79.7 Å². The standard InChI is InChI=1S/C17H18NO4P.2C16H15NO4/c1-3-12-18-17(14-6-4-13(2)5-7-14)15-8-10-16(11-9-15)23(20,21)22-19;1-2-7-17-16(12-5-3-10(18)8-14(12)20)13-6-4-11(19)9-15(13)21;1-2-7-17-16(10-3-5-12(18)14(20)8-10)11-4-6-13(19)15(21)9-11/h3-11,19H,1,12H2,2H3,(H,20,21);2*2-6,8-9,18-21H,1,7H2. The van der Waals surface area contributed by atoms with Crippen LogP contribution in [0, 0.1) is 6.92 Å². The highest BCUT2D eigenvalue weighted by atomic mass is 31.2. The van der Waals surface area contributed by atoms with Crippen LogP contribution < -0.4 is 5.30 Å². The van der Waals surface area contributed by atoms with Gasteiger partial charge in [-0.3, -0.25) is 19.5 Å². The lowest BCUT2D eigenvalue weighted by Crippen LogP contribution is -2.09. The number of benzene rings is 6. The third kappa shape index (κ3) is 13.8. The number of aromatic hydroxyl groups is 8. The van der Waals surface area contributed by atoms with Gasteiger partial charge in [0.05, 0.1) is 42.1 Å². The van der Waals surface area contributed by atoms with Gasteiger partial charge in [-0.15, -0.1) is 24.4 Å². The average molecular weight is 902 g/mol. The Morgan fingerprint density at radius 2 is 0.862 bits per heavy atom. The summed E-state index contributed by atoms with van der Waals surface area (Å²) in [6.07, 6.45) is 4.89. The van der Waals surface area contributed by atoms with Gasteiger partial charge in [-0.2, -0.15) is 0 Å². The molecule has 65 heavy (non-hydrogen) atoms. The van der Waals surface area contributed by atoms with E-state index in [4.69, 9.17) is 5.26 Å². The van der Waals surface area contributed by atoms with Gasteiger partial charge in [-0.1, -0.05) is 60.2 Å². The van der Waals surface area contributed by atoms with Gasteiger partial charge >= 0.3 is 7.60 Å². The molecule has 6 aromatic rings. The minimum absolute atomic E-state index is 0.00993. The van der Waals surface area contributed by atoms with E-state index in [2.05, 4.69) is 39.4 Å². The smallest absolute Gasteiger partial charge is 0.385 e. The van der Waals surface area contributed by atoms with Crippen LogP contribution in [0.2, 0.25) is 0 Å². The molecule has 0 saturated carbocycles. The van der Waals surface area contributed by atoms with E-state index in [1.54, 1.807) is 42.5 Å². The molecule has 0 spiro atoms. The maximum Gasteiger partial charge on any atom is 0.385 e. The van der Waals surface area contributed by atoms with Crippen molar-refractivity contribution in [3.8, 4) is 46.0 Å². The fraction of sp³-hybridized carbons (Fsp3) is 0.0816. The molecule has 16 heteroatoms. The first-order valence-electron chi connectivity index (χ1n) is 19.4. The second-order valence-corrected chi connectivity index (χ2v) is 15.5. The summed E-state index contributed by atoms with van der Waals surface area (Å²) in [5.41, 5.74) is 6.32. The second-order valence-electron chi connectivity index (χ2n) is 13.8. The fourth-order valence-electron chi connectivity index (χ4n) is 5.83. The summed E-state index contributed by atoms with van der Waals surface area (Å²) in [6.45, 7) is 14.0. The molecular weight excluding hydrogens is 854 g/mol. The van der Waals surface area contributed by atoms with Crippen molar-refractivity contribution in [2.45, 2.75) is 6.92 Å². The molecule has 336 valence electrons. The minimum atomic E-state index is -4.18. The summed E-state index contributed by atoms with van der Waals surface area (Å²) in [4.78, 5) is 22.6. The van der Waals surface area contributed by atoms with Crippen LogP contribution >= 0.6 is 7.60 Å². The molecule has 6 aromatic carbocycles. The molecule has 6 rings (SSSR count). The molecule has 0 heterocycles. The van der Waals surface area contributed by atoms with Crippen LogP contribution in [0.3, 0.4) is 0 Å². The van der Waals surface area contributed by atoms with Gasteiger partial charge < -0.3 is 45.7 Å². The normalized spacial score (nSPS) is 11.6. The molecule has 0 radical (unpaired) electrons. The van der Waals surface area contributed by atoms with Crippen molar-refractivity contribution in [3.63, 3.8) is 0 Å². The number of phenols is 8. The minimum Gasteiger partial charge on any atom is -0.508 e. The van der Waals surface area contributed by atoms with E-state index >= 15 is 0 Å². The molecular formula is C49H48N3O12P. The first-order chi connectivity index (χ1) is 31.0. The fourth-order valence-corrected chi connectivity index (χ4v) is 6.45. The van der Waals surface area contributed by atoms with E-state index in [1.807, 2.05) is 31.2 Å². The molecule has 15 nitrogen and oxygen atoms in total. The molecule has 0 amide bonds. The Hall–Kier alpha value is -7.94. The van der Waals surface area contributed by atoms with E-state index in [-0.39, 0.29) is 57.8 Å². The number of aliphatic imine (C=N–C) groups is 3. The third-order valence-corrected chi connectivity index (χ3v) is 10.2. The molecule has 0 aliphatic heterocycles. The SMILES string of the molecule is C=CCN=C(c1ccc(C)cc1)c1ccc(P(=O)(O)OO)cc1.C=CCN=C(c1ccc(O)c(O)c1)c1ccc(O)c(O)c1.C=CCN=C(c1ccc(O)cc1O)c1ccc(O)cc1O. The monoisotopic (exact) mass is 901 g/mol. The zero-order valence-corrected chi connectivity index (χ0v) is 36.0. The second kappa shape index (κ2) is 23.5. The van der Waals surface area contributed by atoms with Crippen molar-refractivity contribution in [3.05, 3.63) is 198 Å². The van der Waals surface area contributed by atoms with E-state index in [0.29, 0.717) is 46.8 Å². The van der Waals surface area contributed by atoms with Crippen LogP contribution in [-0.2, 0) is 9.24 Å². The molecule has 1 atom stereocenters. The highest BCUT2D eigenvalue weighted by Crippen LogP contribution is 2.39. The van der Waals surface area contributed by atoms with Crippen LogP contribution in [-0.4, -0.2) is 87.8 Å². The van der Waals surface area contributed by atoms with Gasteiger partial charge in [0.25, 0.3) is 0 Å². The summed E-state index contributed by atoms with van der Waals surface area (Å²) < 4.78 is 15.2. The third-order valence-electron chi connectivity index (χ3n) is 9.01. The van der Waals surface area contributed by atoms with Crippen molar-refractivity contribution in [1.29, 1.82) is 0 Å². The Morgan fingerprint density at radius 3 is 1.23 bits per heavy atom. The number of nitrogens with zero attached hydrogens (tertiary/aromatic N) is 3. The van der Waals surface area contributed by atoms with Crippen molar-refractivity contribution in [2.75, 3.05) is 19.6 Å². The number of phenolic OH excluding ortho intramolecular Hbond substituents is 8. The largest absolute Gasteiger partial charge is 0.508 e. The van der Waals surface area contributed by atoms with E-state index < -0.39 is 7.60 Å². The van der Waals surface area contributed by atoms with Crippen LogP contribution in [0.5, 0.6) is 46.0 Å². The molecule has 0 saturated heterocycles. The Bertz CT molecular complexity index is 2660. The quantitative estimate of drug-likeness (QED) is 0.0123. The van der Waals surface area contributed by atoms with Crippen molar-refractivity contribution >= 4 is 30.0 Å². The predicted octanol–water partition coefficient (Wildman–Crippen LogP) is 8.38. The molecule has 0 aromatic heterocycles. The number of aryl methyl sites for hydroxylation is 1. The maximum absolute atomic E-state index is 11.6. The molecule has 0 aliphatic rings. The molecule has 0 aliphatic carbocycles. The van der Waals surface area contributed by atoms with Gasteiger partial charge in [0.1, 0.15) is 23.0 Å². The molecule has 0 bridgehead atoms. The van der Waals surface area contributed by atoms with Gasteiger partial charge in [0.15, 0.2) is 23.0 Å². The lowest BCUT2D eigenvalue weighted by atomic mass is 10.00. The summed E-state index contributed by atoms with van der Waals surface area (Å²) >= 11 is 0. The van der Waals surface area contributed by atoms with Gasteiger partial charge in [-0.25, -0.2) is 5.26 Å².